The van der Waals surface area contributed by atoms with E-state index >= 15 is 0 Å². The predicted molar refractivity (Wildman–Crippen MR) is 179 cm³/mol. The zero-order chi connectivity index (χ0) is 35.8. The van der Waals surface area contributed by atoms with Gasteiger partial charge < -0.3 is 25.1 Å². The molecule has 0 spiro atoms. The van der Waals surface area contributed by atoms with Crippen molar-refractivity contribution in [2.75, 3.05) is 29.9 Å². The van der Waals surface area contributed by atoms with Gasteiger partial charge in [0.15, 0.2) is 0 Å². The van der Waals surface area contributed by atoms with Crippen LogP contribution in [0.25, 0.3) is 17.3 Å². The number of hydrogen-bond donors (Lipinski definition) is 5. The fraction of sp³-hybridized carbons (Fsp3) is 0.290. The molecule has 2 atom stereocenters. The summed E-state index contributed by atoms with van der Waals surface area (Å²) in [7, 11) is 2.00. The molecule has 1 aromatic heterocycles. The van der Waals surface area contributed by atoms with Crippen molar-refractivity contribution in [2.45, 2.75) is 43.4 Å². The van der Waals surface area contributed by atoms with Gasteiger partial charge in [0.1, 0.15) is 12.2 Å². The number of esters is 1. The average molecular weight is 704 g/mol. The van der Waals surface area contributed by atoms with E-state index in [9.17, 15) is 27.6 Å². The number of H-pyrrole nitrogens is 1. The Morgan fingerprint density at radius 1 is 1.18 bits per heavy atom. The lowest BCUT2D eigenvalue weighted by Gasteiger charge is -2.35. The van der Waals surface area contributed by atoms with Gasteiger partial charge in [0, 0.05) is 40.3 Å². The highest BCUT2D eigenvalue weighted by Gasteiger charge is 2.61. The van der Waals surface area contributed by atoms with Gasteiger partial charge in [0.25, 0.3) is 0 Å². The predicted octanol–water partition coefficient (Wildman–Crippen LogP) is 5.56. The zero-order valence-electron chi connectivity index (χ0n) is 26.3. The number of anilines is 3. The fourth-order valence-electron chi connectivity index (χ4n) is 5.18. The molecule has 1 aliphatic rings. The van der Waals surface area contributed by atoms with E-state index in [-0.39, 0.29) is 41.9 Å². The van der Waals surface area contributed by atoms with Crippen LogP contribution in [0.2, 0.25) is 5.02 Å². The third-order valence-electron chi connectivity index (χ3n) is 7.58. The Hall–Kier alpha value is -5.42. The van der Waals surface area contributed by atoms with Crippen molar-refractivity contribution in [3.63, 3.8) is 0 Å². The Kier molecular flexibility index (Phi) is 11.6. The lowest BCUT2D eigenvalue weighted by molar-refractivity contribution is -0.200. The number of nitrogens with zero attached hydrogens (tertiary/aromatic N) is 4. The third kappa shape index (κ3) is 8.55. The normalized spacial score (nSPS) is 18.0. The average Bonchev–Trinajstić information content (AvgIpc) is 3.56. The maximum absolute atomic E-state index is 14.8. The number of benzene rings is 2. The Bertz CT molecular complexity index is 1760. The molecule has 2 heterocycles. The second-order valence-electron chi connectivity index (χ2n) is 10.7. The summed E-state index contributed by atoms with van der Waals surface area (Å²) in [5.74, 6) is 4.26. The number of aromatic amines is 1. The number of aromatic nitrogens is 2. The van der Waals surface area contributed by atoms with Crippen LogP contribution in [0, 0.1) is 0 Å². The molecule has 0 fully saturated rings. The summed E-state index contributed by atoms with van der Waals surface area (Å²) in [6.45, 7) is 3.26. The van der Waals surface area contributed by atoms with Gasteiger partial charge in [0.2, 0.25) is 11.4 Å². The van der Waals surface area contributed by atoms with E-state index in [4.69, 9.17) is 17.4 Å². The minimum absolute atomic E-state index is 0.0908. The van der Waals surface area contributed by atoms with Crippen LogP contribution in [0.5, 0.6) is 0 Å². The number of methoxy groups -OCH3 is 2. The first-order valence-electron chi connectivity index (χ1n) is 14.6. The lowest BCUT2D eigenvalue weighted by Crippen LogP contribution is -2.58. The first-order chi connectivity index (χ1) is 23.3. The second-order valence-corrected chi connectivity index (χ2v) is 11.1. The number of nitrogens with one attached hydrogen (secondary N) is 4. The molecule has 0 aliphatic carbocycles. The Balaban J connectivity index is 1.71. The van der Waals surface area contributed by atoms with Gasteiger partial charge in [-0.1, -0.05) is 24.4 Å². The number of hydrogen-bond acceptors (Lipinski definition) is 10. The van der Waals surface area contributed by atoms with Gasteiger partial charge >= 0.3 is 18.2 Å². The number of alkyl halides is 3. The summed E-state index contributed by atoms with van der Waals surface area (Å²) < 4.78 is 53.8. The lowest BCUT2D eigenvalue weighted by atomic mass is 9.89. The number of ether oxygens (including phenoxy) is 2. The van der Waals surface area contributed by atoms with Crippen molar-refractivity contribution in [1.29, 1.82) is 0 Å². The maximum atomic E-state index is 14.8. The van der Waals surface area contributed by atoms with E-state index in [2.05, 4.69) is 52.3 Å². The van der Waals surface area contributed by atoms with Crippen LogP contribution < -0.4 is 26.8 Å². The molecule has 2 bridgehead atoms. The second kappa shape index (κ2) is 15.7. The van der Waals surface area contributed by atoms with E-state index in [1.165, 1.54) is 42.9 Å². The van der Waals surface area contributed by atoms with Crippen LogP contribution in [0.15, 0.2) is 58.9 Å². The summed E-state index contributed by atoms with van der Waals surface area (Å²) in [5.41, 5.74) is -1.85. The van der Waals surface area contributed by atoms with Crippen molar-refractivity contribution in [1.82, 2.24) is 15.3 Å². The van der Waals surface area contributed by atoms with Gasteiger partial charge in [-0.2, -0.15) is 18.3 Å². The molecule has 0 saturated carbocycles. The topological polar surface area (TPSA) is 188 Å². The molecule has 1 unspecified atom stereocenters. The van der Waals surface area contributed by atoms with E-state index < -0.39 is 42.1 Å². The molecule has 6 N–H and O–H groups in total. The van der Waals surface area contributed by atoms with Crippen LogP contribution >= 0.6 is 11.6 Å². The SMILES string of the molecule is C=N/N=C\N(N)c1ccc(Cl)cc1/C=C/C(=O)N[C@H]1CCCCC(C(=O)OC)(C(F)(F)F)Nc2cc(NC(=O)OC)ccc2-c2cnc1[nH]2. The molecule has 3 aromatic rings. The number of carbonyl (C=O) groups excluding carboxylic acids is 3. The molecular formula is C31H33ClF3N9O5. The molecule has 0 radical (unpaired) electrons. The fourth-order valence-corrected chi connectivity index (χ4v) is 5.36. The van der Waals surface area contributed by atoms with Crippen molar-refractivity contribution in [3.8, 4) is 11.3 Å². The van der Waals surface area contributed by atoms with Gasteiger partial charge in [-0.3, -0.25) is 15.1 Å². The number of hydrazine groups is 1. The van der Waals surface area contributed by atoms with Crippen LogP contribution in [-0.2, 0) is 19.1 Å². The number of carbonyl (C=O) groups is 3. The molecule has 49 heavy (non-hydrogen) atoms. The molecule has 2 amide bonds. The Labute approximate surface area is 283 Å². The maximum Gasteiger partial charge on any atom is 0.422 e. The standard InChI is InChI=1S/C31H33ClF3N9O5/c1-37-39-17-44(36)25-11-8-19(32)14-18(25)7-12-26(45)41-22-6-4-5-13-30(28(46)48-2,31(33,34)35)43-23-15-20(40-29(47)49-3)9-10-21(23)24-16-38-27(22)42-24/h7-12,14-17,22,43H,1,4-6,13,36H2,2-3H3,(H,38,42)(H,40,47)(H,41,45)/b12-7+,39-17-/t22-,30?/m0/s1. The van der Waals surface area contributed by atoms with E-state index in [1.54, 1.807) is 18.2 Å². The Morgan fingerprint density at radius 2 is 1.96 bits per heavy atom. The van der Waals surface area contributed by atoms with Crippen molar-refractivity contribution >= 4 is 65.8 Å². The van der Waals surface area contributed by atoms with Crippen molar-refractivity contribution in [2.24, 2.45) is 16.0 Å². The van der Waals surface area contributed by atoms with Crippen LogP contribution in [0.1, 0.15) is 43.1 Å². The summed E-state index contributed by atoms with van der Waals surface area (Å²) in [4.78, 5) is 45.5. The first kappa shape index (κ1) is 36.4. The smallest absolute Gasteiger partial charge is 0.422 e. The van der Waals surface area contributed by atoms with Crippen LogP contribution in [0.4, 0.5) is 35.0 Å². The van der Waals surface area contributed by atoms with Crippen LogP contribution in [-0.4, -0.2) is 66.9 Å². The molecule has 4 rings (SSSR count). The van der Waals surface area contributed by atoms with Gasteiger partial charge in [-0.25, -0.2) is 20.4 Å². The van der Waals surface area contributed by atoms with Gasteiger partial charge in [-0.05, 0) is 55.3 Å². The Morgan fingerprint density at radius 3 is 2.65 bits per heavy atom. The monoisotopic (exact) mass is 703 g/mol. The molecule has 260 valence electrons. The minimum atomic E-state index is -5.10. The highest BCUT2D eigenvalue weighted by atomic mass is 35.5. The van der Waals surface area contributed by atoms with Gasteiger partial charge in [-0.15, -0.1) is 5.10 Å². The zero-order valence-corrected chi connectivity index (χ0v) is 27.1. The summed E-state index contributed by atoms with van der Waals surface area (Å²) in [5, 5.41) is 16.2. The number of nitrogens with two attached hydrogens (primary N) is 1. The van der Waals surface area contributed by atoms with Gasteiger partial charge in [0.05, 0.1) is 37.8 Å². The summed E-state index contributed by atoms with van der Waals surface area (Å²) >= 11 is 6.16. The highest BCUT2D eigenvalue weighted by molar-refractivity contribution is 6.30. The van der Waals surface area contributed by atoms with Crippen molar-refractivity contribution in [3.05, 3.63) is 65.1 Å². The molecule has 14 nitrogen and oxygen atoms in total. The number of fused-ring (bicyclic) bond motifs is 4. The molecule has 1 aliphatic heterocycles. The molecule has 0 saturated heterocycles. The first-order valence-corrected chi connectivity index (χ1v) is 15.0. The number of amides is 2. The van der Waals surface area contributed by atoms with Crippen molar-refractivity contribution < 1.29 is 37.0 Å². The molecule has 18 heteroatoms. The largest absolute Gasteiger partial charge is 0.467 e. The minimum Gasteiger partial charge on any atom is -0.467 e. The van der Waals surface area contributed by atoms with Crippen LogP contribution in [0.3, 0.4) is 0 Å². The molecular weight excluding hydrogens is 671 g/mol. The quantitative estimate of drug-likeness (QED) is 0.0499. The summed E-state index contributed by atoms with van der Waals surface area (Å²) in [6.07, 6.45) is -1.13. The number of rotatable bonds is 8. The highest BCUT2D eigenvalue weighted by Crippen LogP contribution is 2.42. The summed E-state index contributed by atoms with van der Waals surface area (Å²) in [6, 6.07) is 8.13. The van der Waals surface area contributed by atoms with E-state index in [0.717, 1.165) is 19.2 Å². The number of halogens is 4. The number of imidazole rings is 1. The molecule has 2 aromatic carbocycles. The van der Waals surface area contributed by atoms with E-state index in [1.807, 2.05) is 0 Å². The third-order valence-corrected chi connectivity index (χ3v) is 7.82. The van der Waals surface area contributed by atoms with E-state index in [0.29, 0.717) is 22.1 Å².